The van der Waals surface area contributed by atoms with Crippen molar-refractivity contribution in [1.29, 1.82) is 0 Å². The molecule has 2 aromatic heterocycles. The molecule has 1 aliphatic rings. The normalized spacial score (nSPS) is 19.3. The van der Waals surface area contributed by atoms with Gasteiger partial charge in [-0.25, -0.2) is 13.4 Å². The molecule has 0 bridgehead atoms. The number of nitrogens with zero attached hydrogens (tertiary/aromatic N) is 4. The lowest BCUT2D eigenvalue weighted by Gasteiger charge is -2.35. The molecule has 0 saturated carbocycles. The number of aliphatic hydroxyl groups excluding tert-OH is 1. The lowest BCUT2D eigenvalue weighted by atomic mass is 10.0. The molecule has 3 aromatic rings. The van der Waals surface area contributed by atoms with E-state index in [2.05, 4.69) is 15.3 Å². The molecule has 174 valence electrons. The Kier molecular flexibility index (Phi) is 6.64. The van der Waals surface area contributed by atoms with Crippen molar-refractivity contribution in [1.82, 2.24) is 14.3 Å². The molecule has 33 heavy (non-hydrogen) atoms. The predicted octanol–water partition coefficient (Wildman–Crippen LogP) is 2.75. The van der Waals surface area contributed by atoms with Crippen LogP contribution in [0.3, 0.4) is 0 Å². The number of β-amino-alcohol motifs (C(OH)–C–C–N with tert-alkyl or cyclic N) is 1. The van der Waals surface area contributed by atoms with Gasteiger partial charge in [0, 0.05) is 45.1 Å². The van der Waals surface area contributed by atoms with Gasteiger partial charge >= 0.3 is 0 Å². The highest BCUT2D eigenvalue weighted by Gasteiger charge is 2.34. The first-order valence-corrected chi connectivity index (χ1v) is 12.3. The molecule has 0 amide bonds. The van der Waals surface area contributed by atoms with E-state index in [0.717, 1.165) is 22.4 Å². The Morgan fingerprint density at radius 1 is 1.06 bits per heavy atom. The van der Waals surface area contributed by atoms with Crippen molar-refractivity contribution in [2.24, 2.45) is 0 Å². The zero-order valence-corrected chi connectivity index (χ0v) is 19.8. The van der Waals surface area contributed by atoms with Gasteiger partial charge in [0.15, 0.2) is 0 Å². The largest absolute Gasteiger partial charge is 0.390 e. The number of aromatic nitrogens is 2. The Hall–Kier alpha value is -3.01. The maximum absolute atomic E-state index is 13.2. The number of hydrogen-bond acceptors (Lipinski definition) is 7. The van der Waals surface area contributed by atoms with E-state index in [4.69, 9.17) is 0 Å². The Balaban J connectivity index is 1.45. The molecule has 2 N–H and O–H groups in total. The number of benzene rings is 1. The molecule has 0 unspecified atom stereocenters. The second-order valence-electron chi connectivity index (χ2n) is 8.54. The van der Waals surface area contributed by atoms with E-state index in [1.54, 1.807) is 42.9 Å². The first-order valence-electron chi connectivity index (χ1n) is 10.8. The molecule has 1 aromatic carbocycles. The fourth-order valence-electron chi connectivity index (χ4n) is 3.83. The third-order valence-electron chi connectivity index (χ3n) is 5.85. The average Bonchev–Trinajstić information content (AvgIpc) is 2.82. The van der Waals surface area contributed by atoms with Crippen molar-refractivity contribution in [3.05, 3.63) is 66.6 Å². The molecule has 0 spiro atoms. The van der Waals surface area contributed by atoms with E-state index < -0.39 is 16.1 Å². The van der Waals surface area contributed by atoms with Crippen molar-refractivity contribution in [2.45, 2.75) is 30.4 Å². The summed E-state index contributed by atoms with van der Waals surface area (Å²) in [5.41, 5.74) is 3.82. The van der Waals surface area contributed by atoms with Crippen molar-refractivity contribution < 1.29 is 13.5 Å². The van der Waals surface area contributed by atoms with Gasteiger partial charge in [0.1, 0.15) is 5.82 Å². The number of piperidine rings is 1. The third-order valence-corrected chi connectivity index (χ3v) is 7.73. The number of hydrogen-bond donors (Lipinski definition) is 2. The van der Waals surface area contributed by atoms with E-state index >= 15 is 0 Å². The van der Waals surface area contributed by atoms with Gasteiger partial charge in [-0.05, 0) is 48.7 Å². The lowest BCUT2D eigenvalue weighted by Crippen LogP contribution is -2.51. The van der Waals surface area contributed by atoms with E-state index in [1.807, 2.05) is 44.1 Å². The topological polar surface area (TPSA) is 98.7 Å². The Labute approximate surface area is 195 Å². The molecular formula is C24H29N5O3S. The molecule has 8 nitrogen and oxygen atoms in total. The average molecular weight is 468 g/mol. The van der Waals surface area contributed by atoms with Crippen LogP contribution in [0.2, 0.25) is 0 Å². The van der Waals surface area contributed by atoms with Crippen LogP contribution < -0.4 is 10.2 Å². The smallest absolute Gasteiger partial charge is 0.243 e. The van der Waals surface area contributed by atoms with Gasteiger partial charge in [0.2, 0.25) is 10.0 Å². The van der Waals surface area contributed by atoms with Gasteiger partial charge in [-0.15, -0.1) is 0 Å². The van der Waals surface area contributed by atoms with Crippen LogP contribution in [0.25, 0.3) is 11.1 Å². The fourth-order valence-corrected chi connectivity index (χ4v) is 5.30. The maximum atomic E-state index is 13.2. The molecule has 2 atom stereocenters. The first-order chi connectivity index (χ1) is 15.7. The van der Waals surface area contributed by atoms with Gasteiger partial charge in [-0.3, -0.25) is 4.98 Å². The number of aryl methyl sites for hydroxylation is 1. The molecule has 0 aliphatic carbocycles. The molecular weight excluding hydrogens is 438 g/mol. The number of anilines is 2. The molecule has 3 heterocycles. The van der Waals surface area contributed by atoms with Crippen LogP contribution in [0, 0.1) is 6.92 Å². The van der Waals surface area contributed by atoms with E-state index in [-0.39, 0.29) is 17.5 Å². The summed E-state index contributed by atoms with van der Waals surface area (Å²) in [6.45, 7) is 2.31. The minimum absolute atomic E-state index is 0.0302. The molecule has 0 radical (unpaired) electrons. The maximum Gasteiger partial charge on any atom is 0.243 e. The first kappa shape index (κ1) is 23.2. The third kappa shape index (κ3) is 5.16. The zero-order valence-electron chi connectivity index (χ0n) is 19.0. The highest BCUT2D eigenvalue weighted by Crippen LogP contribution is 2.27. The standard InChI is InChI=1S/C24H29N5O3S/c1-17-4-9-24(26-13-17)27-22-10-11-29(16-23(22)30)33(31,32)21-7-5-18(6-8-21)19-12-20(28(2)3)15-25-14-19/h4-9,12-15,22-23,30H,10-11,16H2,1-3H3,(H,26,27)/t22-,23+/m1/s1. The van der Waals surface area contributed by atoms with E-state index in [9.17, 15) is 13.5 Å². The molecule has 9 heteroatoms. The summed E-state index contributed by atoms with van der Waals surface area (Å²) in [4.78, 5) is 10.8. The van der Waals surface area contributed by atoms with Crippen LogP contribution in [-0.4, -0.2) is 67.1 Å². The number of sulfonamides is 1. The second kappa shape index (κ2) is 9.46. The molecule has 4 rings (SSSR count). The van der Waals surface area contributed by atoms with Gasteiger partial charge in [0.25, 0.3) is 0 Å². The number of nitrogens with one attached hydrogen (secondary N) is 1. The van der Waals surface area contributed by atoms with Gasteiger partial charge in [-0.2, -0.15) is 4.31 Å². The highest BCUT2D eigenvalue weighted by molar-refractivity contribution is 7.89. The van der Waals surface area contributed by atoms with Crippen LogP contribution in [0.4, 0.5) is 11.5 Å². The van der Waals surface area contributed by atoms with Crippen molar-refractivity contribution in [3.8, 4) is 11.1 Å². The van der Waals surface area contributed by atoms with Crippen LogP contribution in [0.15, 0.2) is 66.0 Å². The Morgan fingerprint density at radius 3 is 2.45 bits per heavy atom. The van der Waals surface area contributed by atoms with Crippen molar-refractivity contribution in [2.75, 3.05) is 37.4 Å². The summed E-state index contributed by atoms with van der Waals surface area (Å²) >= 11 is 0. The monoisotopic (exact) mass is 467 g/mol. The van der Waals surface area contributed by atoms with Gasteiger partial charge in [-0.1, -0.05) is 18.2 Å². The summed E-state index contributed by atoms with van der Waals surface area (Å²) in [5, 5.41) is 13.8. The van der Waals surface area contributed by atoms with E-state index in [0.29, 0.717) is 18.8 Å². The second-order valence-corrected chi connectivity index (χ2v) is 10.5. The SMILES string of the molecule is Cc1ccc(N[C@@H]2CCN(S(=O)(=O)c3ccc(-c4cncc(N(C)C)c4)cc3)C[C@@H]2O)nc1. The summed E-state index contributed by atoms with van der Waals surface area (Å²) in [6.07, 6.45) is 4.94. The Bertz CT molecular complexity index is 1200. The lowest BCUT2D eigenvalue weighted by molar-refractivity contribution is 0.0949. The van der Waals surface area contributed by atoms with Crippen LogP contribution in [0.1, 0.15) is 12.0 Å². The number of pyridine rings is 2. The Morgan fingerprint density at radius 2 is 1.82 bits per heavy atom. The molecule has 1 aliphatic heterocycles. The summed E-state index contributed by atoms with van der Waals surface area (Å²) in [7, 11) is 0.179. The zero-order chi connectivity index (χ0) is 23.6. The fraction of sp³-hybridized carbons (Fsp3) is 0.333. The van der Waals surface area contributed by atoms with Crippen LogP contribution in [-0.2, 0) is 10.0 Å². The minimum Gasteiger partial charge on any atom is -0.390 e. The van der Waals surface area contributed by atoms with Crippen molar-refractivity contribution >= 4 is 21.5 Å². The minimum atomic E-state index is -3.71. The van der Waals surface area contributed by atoms with Crippen LogP contribution in [0.5, 0.6) is 0 Å². The van der Waals surface area contributed by atoms with Gasteiger partial charge < -0.3 is 15.3 Å². The quantitative estimate of drug-likeness (QED) is 0.575. The molecule has 1 saturated heterocycles. The molecule has 1 fully saturated rings. The van der Waals surface area contributed by atoms with Gasteiger partial charge in [0.05, 0.1) is 28.9 Å². The number of rotatable bonds is 6. The summed E-state index contributed by atoms with van der Waals surface area (Å²) < 4.78 is 27.7. The summed E-state index contributed by atoms with van der Waals surface area (Å²) in [5.74, 6) is 0.671. The highest BCUT2D eigenvalue weighted by atomic mass is 32.2. The predicted molar refractivity (Wildman–Crippen MR) is 130 cm³/mol. The summed E-state index contributed by atoms with van der Waals surface area (Å²) in [6, 6.07) is 12.3. The number of aliphatic hydroxyl groups is 1. The van der Waals surface area contributed by atoms with E-state index in [1.165, 1.54) is 4.31 Å². The van der Waals surface area contributed by atoms with Crippen LogP contribution >= 0.6 is 0 Å². The van der Waals surface area contributed by atoms with Crippen molar-refractivity contribution in [3.63, 3.8) is 0 Å².